The third-order valence-electron chi connectivity index (χ3n) is 5.42. The van der Waals surface area contributed by atoms with Gasteiger partial charge in [0.2, 0.25) is 12.3 Å². The first-order valence-electron chi connectivity index (χ1n) is 9.54. The van der Waals surface area contributed by atoms with E-state index >= 15 is 0 Å². The number of pyridine rings is 1. The highest BCUT2D eigenvalue weighted by molar-refractivity contribution is 5.95. The number of carbonyl (C=O) groups is 3. The van der Waals surface area contributed by atoms with Crippen LogP contribution in [0.3, 0.4) is 0 Å². The van der Waals surface area contributed by atoms with Crippen LogP contribution in [0.4, 0.5) is 0 Å². The van der Waals surface area contributed by atoms with Crippen molar-refractivity contribution >= 4 is 18.2 Å². The number of hydrogen-bond donors (Lipinski definition) is 1. The van der Waals surface area contributed by atoms with Crippen LogP contribution >= 0.6 is 0 Å². The van der Waals surface area contributed by atoms with E-state index in [0.717, 1.165) is 25.7 Å². The highest BCUT2D eigenvalue weighted by atomic mass is 16.5. The molecule has 0 radical (unpaired) electrons. The van der Waals surface area contributed by atoms with Gasteiger partial charge in [0.25, 0.3) is 5.91 Å². The number of amides is 3. The Morgan fingerprint density at radius 2 is 1.85 bits per heavy atom. The molecule has 1 aromatic heterocycles. The lowest BCUT2D eigenvalue weighted by atomic mass is 9.92. The van der Waals surface area contributed by atoms with E-state index < -0.39 is 5.92 Å². The summed E-state index contributed by atoms with van der Waals surface area (Å²) in [5.41, 5.74) is 0.480. The van der Waals surface area contributed by atoms with Crippen molar-refractivity contribution in [2.75, 3.05) is 19.6 Å². The summed E-state index contributed by atoms with van der Waals surface area (Å²) in [4.78, 5) is 40.8. The topological polar surface area (TPSA) is 94.0 Å². The number of nitrogens with zero attached hydrogens (tertiary/aromatic N) is 4. The van der Waals surface area contributed by atoms with Crippen LogP contribution in [0.25, 0.3) is 0 Å². The molecule has 0 aromatic carbocycles. The maximum Gasteiger partial charge on any atom is 0.272 e. The zero-order valence-electron chi connectivity index (χ0n) is 15.4. The molecule has 2 heterocycles. The van der Waals surface area contributed by atoms with E-state index in [1.165, 1.54) is 10.0 Å². The van der Waals surface area contributed by atoms with Crippen LogP contribution in [-0.2, 0) is 9.59 Å². The molecule has 0 spiro atoms. The van der Waals surface area contributed by atoms with Gasteiger partial charge in [0.15, 0.2) is 0 Å². The molecule has 1 aliphatic carbocycles. The van der Waals surface area contributed by atoms with E-state index in [-0.39, 0.29) is 18.4 Å². The predicted molar refractivity (Wildman–Crippen MR) is 96.2 cm³/mol. The number of hydrazine groups is 1. The van der Waals surface area contributed by atoms with E-state index in [1.807, 2.05) is 0 Å². The van der Waals surface area contributed by atoms with Crippen molar-refractivity contribution in [1.29, 1.82) is 0 Å². The van der Waals surface area contributed by atoms with E-state index in [0.29, 0.717) is 48.9 Å². The van der Waals surface area contributed by atoms with Crippen molar-refractivity contribution in [2.24, 2.45) is 11.8 Å². The second-order valence-electron chi connectivity index (χ2n) is 7.29. The number of aromatic nitrogens is 1. The molecular weight excluding hydrogens is 348 g/mol. The van der Waals surface area contributed by atoms with Crippen molar-refractivity contribution in [1.82, 2.24) is 20.1 Å². The zero-order chi connectivity index (χ0) is 19.2. The lowest BCUT2D eigenvalue weighted by molar-refractivity contribution is -0.160. The first-order chi connectivity index (χ1) is 13.1. The summed E-state index contributed by atoms with van der Waals surface area (Å²) in [6.45, 7) is 0.884. The van der Waals surface area contributed by atoms with Crippen LogP contribution in [0.5, 0.6) is 0 Å². The van der Waals surface area contributed by atoms with Crippen molar-refractivity contribution in [2.45, 2.75) is 38.5 Å². The largest absolute Gasteiger partial charge is 0.286 e. The second kappa shape index (κ2) is 8.94. The average Bonchev–Trinajstić information content (AvgIpc) is 3.38. The molecule has 2 fully saturated rings. The fourth-order valence-corrected chi connectivity index (χ4v) is 4.08. The van der Waals surface area contributed by atoms with Crippen LogP contribution in [-0.4, -0.2) is 63.1 Å². The van der Waals surface area contributed by atoms with Gasteiger partial charge in [0.05, 0.1) is 12.5 Å². The zero-order valence-corrected chi connectivity index (χ0v) is 15.4. The Balaban J connectivity index is 1.74. The van der Waals surface area contributed by atoms with Crippen LogP contribution in [0, 0.1) is 11.8 Å². The Hall–Kier alpha value is -2.48. The molecule has 3 rings (SSSR count). The molecule has 1 aliphatic heterocycles. The van der Waals surface area contributed by atoms with Crippen LogP contribution in [0.15, 0.2) is 24.5 Å². The second-order valence-corrected chi connectivity index (χ2v) is 7.29. The number of carbonyl (C=O) groups excluding carboxylic acids is 3. The lowest BCUT2D eigenvalue weighted by Crippen LogP contribution is -2.49. The van der Waals surface area contributed by atoms with Gasteiger partial charge in [-0.05, 0) is 30.9 Å². The van der Waals surface area contributed by atoms with Crippen molar-refractivity contribution in [3.63, 3.8) is 0 Å². The minimum atomic E-state index is -0.519. The molecule has 1 aromatic rings. The highest BCUT2D eigenvalue weighted by Gasteiger charge is 2.36. The third kappa shape index (κ3) is 4.63. The van der Waals surface area contributed by atoms with Crippen LogP contribution in [0.1, 0.15) is 48.9 Å². The molecule has 1 saturated carbocycles. The van der Waals surface area contributed by atoms with Crippen LogP contribution in [0.2, 0.25) is 0 Å². The first-order valence-corrected chi connectivity index (χ1v) is 9.54. The molecule has 2 aliphatic rings. The molecule has 8 heteroatoms. The highest BCUT2D eigenvalue weighted by Crippen LogP contribution is 2.32. The molecule has 0 bridgehead atoms. The third-order valence-corrected chi connectivity index (χ3v) is 5.42. The van der Waals surface area contributed by atoms with Gasteiger partial charge in [-0.1, -0.05) is 25.7 Å². The Kier molecular flexibility index (Phi) is 6.39. The number of hydrogen-bond acceptors (Lipinski definition) is 5. The molecular formula is C19H26N4O4. The summed E-state index contributed by atoms with van der Waals surface area (Å²) in [7, 11) is 0. The van der Waals surface area contributed by atoms with Gasteiger partial charge in [-0.25, -0.2) is 10.1 Å². The van der Waals surface area contributed by atoms with Gasteiger partial charge in [-0.15, -0.1) is 0 Å². The monoisotopic (exact) mass is 374 g/mol. The fraction of sp³-hybridized carbons (Fsp3) is 0.579. The van der Waals surface area contributed by atoms with E-state index in [1.54, 1.807) is 24.5 Å². The Morgan fingerprint density at radius 1 is 1.19 bits per heavy atom. The average molecular weight is 374 g/mol. The molecule has 8 nitrogen and oxygen atoms in total. The smallest absolute Gasteiger partial charge is 0.272 e. The predicted octanol–water partition coefficient (Wildman–Crippen LogP) is 1.72. The maximum atomic E-state index is 13.2. The molecule has 1 saturated heterocycles. The lowest BCUT2D eigenvalue weighted by Gasteiger charge is -2.32. The quantitative estimate of drug-likeness (QED) is 0.445. The normalized spacial score (nSPS) is 18.6. The molecule has 1 atom stereocenters. The summed E-state index contributed by atoms with van der Waals surface area (Å²) in [5, 5.41) is 13.1. The summed E-state index contributed by atoms with van der Waals surface area (Å²) in [5.74, 6) is -0.540. The number of rotatable bonds is 7. The maximum absolute atomic E-state index is 13.2. The first kappa shape index (κ1) is 19.3. The Labute approximate surface area is 158 Å². The summed E-state index contributed by atoms with van der Waals surface area (Å²) < 4.78 is 0. The van der Waals surface area contributed by atoms with E-state index in [4.69, 9.17) is 0 Å². The molecule has 1 N–H and O–H groups in total. The van der Waals surface area contributed by atoms with Gasteiger partial charge in [-0.2, -0.15) is 0 Å². The standard InChI is InChI=1S/C19H26N4O4/c24-14-21(27)13-17(12-15-4-1-2-5-15)19(26)23-11-3-10-22(23)18(25)16-6-8-20-9-7-16/h6-9,14-15,17,27H,1-5,10-13H2/t17-/m1/s1. The molecule has 3 amide bonds. The van der Waals surface area contributed by atoms with E-state index in [9.17, 15) is 19.6 Å². The Morgan fingerprint density at radius 3 is 2.52 bits per heavy atom. The fourth-order valence-electron chi connectivity index (χ4n) is 4.08. The van der Waals surface area contributed by atoms with Gasteiger partial charge >= 0.3 is 0 Å². The van der Waals surface area contributed by atoms with Crippen molar-refractivity contribution in [3.05, 3.63) is 30.1 Å². The van der Waals surface area contributed by atoms with Gasteiger partial charge in [0.1, 0.15) is 0 Å². The van der Waals surface area contributed by atoms with Gasteiger partial charge in [-0.3, -0.25) is 29.6 Å². The SMILES string of the molecule is O=CN(O)C[C@@H](CC1CCCC1)C(=O)N1CCCN1C(=O)c1ccncc1. The van der Waals surface area contributed by atoms with Gasteiger partial charge < -0.3 is 0 Å². The minimum Gasteiger partial charge on any atom is -0.286 e. The van der Waals surface area contributed by atoms with Crippen molar-refractivity contribution < 1.29 is 19.6 Å². The molecule has 27 heavy (non-hydrogen) atoms. The van der Waals surface area contributed by atoms with Crippen molar-refractivity contribution in [3.8, 4) is 0 Å². The summed E-state index contributed by atoms with van der Waals surface area (Å²) in [6, 6.07) is 3.25. The number of hydroxylamine groups is 2. The van der Waals surface area contributed by atoms with Crippen LogP contribution < -0.4 is 0 Å². The molecule has 0 unspecified atom stereocenters. The minimum absolute atomic E-state index is 0.0490. The van der Waals surface area contributed by atoms with Gasteiger partial charge in [0, 0.05) is 31.0 Å². The molecule has 146 valence electrons. The summed E-state index contributed by atoms with van der Waals surface area (Å²) >= 11 is 0. The summed E-state index contributed by atoms with van der Waals surface area (Å²) in [6.07, 6.45) is 9.17. The Bertz CT molecular complexity index is 663. The van der Waals surface area contributed by atoms with E-state index in [2.05, 4.69) is 4.98 Å².